The summed E-state index contributed by atoms with van der Waals surface area (Å²) < 4.78 is 0. The highest BCUT2D eigenvalue weighted by Crippen LogP contribution is 2.29. The zero-order chi connectivity index (χ0) is 15.5. The Labute approximate surface area is 144 Å². The van der Waals surface area contributed by atoms with Gasteiger partial charge in [0.1, 0.15) is 0 Å². The molecule has 128 valence electrons. The first-order chi connectivity index (χ1) is 10.6. The fraction of sp³-hybridized carbons (Fsp3) is 0.647. The maximum Gasteiger partial charge on any atom is 0.269 e. The predicted octanol–water partition coefficient (Wildman–Crippen LogP) is 3.54. The Hall–Kier alpha value is -1.17. The number of nitro benzene ring substituents is 1. The minimum Gasteiger partial charge on any atom is -0.314 e. The van der Waals surface area contributed by atoms with Gasteiger partial charge in [-0.05, 0) is 50.6 Å². The number of nitrogens with one attached hydrogen (secondary N) is 1. The summed E-state index contributed by atoms with van der Waals surface area (Å²) in [6.45, 7) is 5.46. The number of nitrogens with zero attached hydrogens (tertiary/aromatic N) is 2. The van der Waals surface area contributed by atoms with E-state index in [0.29, 0.717) is 6.04 Å². The monoisotopic (exact) mass is 339 g/mol. The molecule has 1 atom stereocenters. The van der Waals surface area contributed by atoms with Crippen molar-refractivity contribution in [2.45, 2.75) is 44.7 Å². The van der Waals surface area contributed by atoms with E-state index >= 15 is 0 Å². The Bertz CT molecular complexity index is 528. The number of hydrogen-bond acceptors (Lipinski definition) is 4. The third-order valence-corrected chi connectivity index (χ3v) is 5.03. The normalized spacial score (nSPS) is 20.7. The van der Waals surface area contributed by atoms with Crippen LogP contribution in [0.1, 0.15) is 44.2 Å². The first-order valence-electron chi connectivity index (χ1n) is 8.35. The van der Waals surface area contributed by atoms with E-state index in [1.165, 1.54) is 32.2 Å². The van der Waals surface area contributed by atoms with Crippen LogP contribution in [0.5, 0.6) is 0 Å². The van der Waals surface area contributed by atoms with Gasteiger partial charge in [-0.1, -0.05) is 12.1 Å². The Balaban J connectivity index is 0.00000192. The van der Waals surface area contributed by atoms with Gasteiger partial charge in [-0.25, -0.2) is 0 Å². The Morgan fingerprint density at radius 1 is 1.30 bits per heavy atom. The number of hydrogen-bond donors (Lipinski definition) is 1. The number of rotatable bonds is 6. The summed E-state index contributed by atoms with van der Waals surface area (Å²) in [6, 6.07) is 7.94. The molecule has 1 heterocycles. The van der Waals surface area contributed by atoms with Gasteiger partial charge in [0.15, 0.2) is 0 Å². The molecule has 1 N–H and O–H groups in total. The van der Waals surface area contributed by atoms with Gasteiger partial charge in [0.05, 0.1) is 4.92 Å². The van der Waals surface area contributed by atoms with Gasteiger partial charge < -0.3 is 5.32 Å². The molecule has 2 fully saturated rings. The lowest BCUT2D eigenvalue weighted by Gasteiger charge is -2.36. The van der Waals surface area contributed by atoms with Crippen molar-refractivity contribution in [3.05, 3.63) is 39.9 Å². The second-order valence-electron chi connectivity index (χ2n) is 6.69. The second kappa shape index (κ2) is 8.08. The summed E-state index contributed by atoms with van der Waals surface area (Å²) in [7, 11) is 0. The van der Waals surface area contributed by atoms with Gasteiger partial charge in [-0.3, -0.25) is 15.0 Å². The Morgan fingerprint density at radius 2 is 2.00 bits per heavy atom. The second-order valence-corrected chi connectivity index (χ2v) is 6.69. The van der Waals surface area contributed by atoms with Crippen LogP contribution in [0, 0.1) is 16.0 Å². The first kappa shape index (κ1) is 18.2. The van der Waals surface area contributed by atoms with E-state index in [2.05, 4.69) is 17.1 Å². The molecular formula is C17H26ClN3O2. The predicted molar refractivity (Wildman–Crippen MR) is 94.1 cm³/mol. The van der Waals surface area contributed by atoms with Crippen molar-refractivity contribution >= 4 is 18.1 Å². The molecule has 0 aromatic heterocycles. The molecule has 1 aliphatic carbocycles. The van der Waals surface area contributed by atoms with Crippen LogP contribution in [0.25, 0.3) is 0 Å². The molecule has 1 unspecified atom stereocenters. The van der Waals surface area contributed by atoms with Crippen LogP contribution >= 0.6 is 12.4 Å². The van der Waals surface area contributed by atoms with Crippen molar-refractivity contribution in [2.24, 2.45) is 5.92 Å². The average molecular weight is 340 g/mol. The smallest absolute Gasteiger partial charge is 0.269 e. The highest BCUT2D eigenvalue weighted by Gasteiger charge is 2.26. The summed E-state index contributed by atoms with van der Waals surface area (Å²) >= 11 is 0. The van der Waals surface area contributed by atoms with E-state index in [1.807, 2.05) is 6.07 Å². The molecule has 1 aliphatic heterocycles. The van der Waals surface area contributed by atoms with Gasteiger partial charge in [0, 0.05) is 37.3 Å². The zero-order valence-corrected chi connectivity index (χ0v) is 14.4. The van der Waals surface area contributed by atoms with Crippen molar-refractivity contribution < 1.29 is 4.92 Å². The molecule has 23 heavy (non-hydrogen) atoms. The lowest BCUT2D eigenvalue weighted by Crippen LogP contribution is -2.43. The van der Waals surface area contributed by atoms with Gasteiger partial charge in [0.25, 0.3) is 5.69 Å². The first-order valence-corrected chi connectivity index (χ1v) is 8.35. The number of nitro groups is 1. The molecule has 0 spiro atoms. The summed E-state index contributed by atoms with van der Waals surface area (Å²) in [4.78, 5) is 13.0. The van der Waals surface area contributed by atoms with Crippen molar-refractivity contribution in [3.8, 4) is 0 Å². The molecule has 0 radical (unpaired) electrons. The number of halogens is 1. The molecular weight excluding hydrogens is 314 g/mol. The third kappa shape index (κ3) is 4.90. The summed E-state index contributed by atoms with van der Waals surface area (Å²) in [6.07, 6.45) is 5.14. The maximum atomic E-state index is 10.9. The van der Waals surface area contributed by atoms with E-state index in [-0.39, 0.29) is 29.1 Å². The molecule has 1 saturated carbocycles. The fourth-order valence-corrected chi connectivity index (χ4v) is 3.26. The molecule has 6 heteroatoms. The fourth-order valence-electron chi connectivity index (χ4n) is 3.26. The van der Waals surface area contributed by atoms with Crippen LogP contribution in [0.15, 0.2) is 24.3 Å². The molecule has 1 aromatic carbocycles. The van der Waals surface area contributed by atoms with Crippen LogP contribution in [0.3, 0.4) is 0 Å². The van der Waals surface area contributed by atoms with Gasteiger partial charge in [-0.2, -0.15) is 0 Å². The SMILES string of the molecule is CC(c1cccc([N+](=O)[O-])c1)N1CCC(NCC2CC2)CC1.Cl. The maximum absolute atomic E-state index is 10.9. The Morgan fingerprint density at radius 3 is 2.61 bits per heavy atom. The number of benzene rings is 1. The zero-order valence-electron chi connectivity index (χ0n) is 13.6. The lowest BCUT2D eigenvalue weighted by atomic mass is 10.00. The molecule has 0 amide bonds. The third-order valence-electron chi connectivity index (χ3n) is 5.03. The molecule has 0 bridgehead atoms. The van der Waals surface area contributed by atoms with Crippen LogP contribution in [-0.2, 0) is 0 Å². The standard InChI is InChI=1S/C17H25N3O2.ClH/c1-13(15-3-2-4-17(11-15)20(21)22)19-9-7-16(8-10-19)18-12-14-5-6-14;/h2-4,11,13-14,16,18H,5-10,12H2,1H3;1H. The molecule has 3 rings (SSSR count). The van der Waals surface area contributed by atoms with Crippen molar-refractivity contribution in [2.75, 3.05) is 19.6 Å². The highest BCUT2D eigenvalue weighted by molar-refractivity contribution is 5.85. The van der Waals surface area contributed by atoms with Crippen molar-refractivity contribution in [1.29, 1.82) is 0 Å². The molecule has 1 aromatic rings. The topological polar surface area (TPSA) is 58.4 Å². The molecule has 2 aliphatic rings. The molecule has 5 nitrogen and oxygen atoms in total. The van der Waals surface area contributed by atoms with E-state index in [9.17, 15) is 10.1 Å². The van der Waals surface area contributed by atoms with Crippen molar-refractivity contribution in [1.82, 2.24) is 10.2 Å². The van der Waals surface area contributed by atoms with Crippen LogP contribution < -0.4 is 5.32 Å². The number of likely N-dealkylation sites (tertiary alicyclic amines) is 1. The van der Waals surface area contributed by atoms with Crippen LogP contribution in [-0.4, -0.2) is 35.5 Å². The van der Waals surface area contributed by atoms with Gasteiger partial charge >= 0.3 is 0 Å². The minimum absolute atomic E-state index is 0. The summed E-state index contributed by atoms with van der Waals surface area (Å²) in [5.74, 6) is 0.932. The number of piperidine rings is 1. The minimum atomic E-state index is -0.315. The van der Waals surface area contributed by atoms with E-state index in [1.54, 1.807) is 18.2 Å². The van der Waals surface area contributed by atoms with Gasteiger partial charge in [-0.15, -0.1) is 12.4 Å². The van der Waals surface area contributed by atoms with Crippen LogP contribution in [0.4, 0.5) is 5.69 Å². The average Bonchev–Trinajstić information content (AvgIpc) is 3.37. The van der Waals surface area contributed by atoms with E-state index in [4.69, 9.17) is 0 Å². The summed E-state index contributed by atoms with van der Waals surface area (Å²) in [5.41, 5.74) is 1.23. The number of non-ortho nitro benzene ring substituents is 1. The molecule has 1 saturated heterocycles. The van der Waals surface area contributed by atoms with E-state index < -0.39 is 0 Å². The largest absolute Gasteiger partial charge is 0.314 e. The lowest BCUT2D eigenvalue weighted by molar-refractivity contribution is -0.385. The summed E-state index contributed by atoms with van der Waals surface area (Å²) in [5, 5.41) is 14.6. The highest BCUT2D eigenvalue weighted by atomic mass is 35.5. The van der Waals surface area contributed by atoms with E-state index in [0.717, 1.165) is 24.6 Å². The quantitative estimate of drug-likeness (QED) is 0.636. The Kier molecular flexibility index (Phi) is 6.39. The van der Waals surface area contributed by atoms with Gasteiger partial charge in [0.2, 0.25) is 0 Å². The van der Waals surface area contributed by atoms with Crippen LogP contribution in [0.2, 0.25) is 0 Å². The van der Waals surface area contributed by atoms with Crippen molar-refractivity contribution in [3.63, 3.8) is 0 Å².